The number of para-hydroxylation sites is 1. The van der Waals surface area contributed by atoms with Gasteiger partial charge in [-0.15, -0.1) is 0 Å². The molecule has 44 valence electrons. The van der Waals surface area contributed by atoms with E-state index in [0.717, 1.165) is 5.56 Å². The summed E-state index contributed by atoms with van der Waals surface area (Å²) in [5, 5.41) is 8.92. The number of phenols is 1. The quantitative estimate of drug-likeness (QED) is 0.459. The first kappa shape index (κ1) is 9.66. The van der Waals surface area contributed by atoms with E-state index in [4.69, 9.17) is 5.11 Å². The Morgan fingerprint density at radius 3 is 2.22 bits per heavy atom. The average Bonchev–Trinajstić information content (AvgIpc) is 1.77. The molecule has 0 aromatic heterocycles. The maximum atomic E-state index is 8.92. The van der Waals surface area contributed by atoms with Crippen LogP contribution >= 0.6 is 0 Å². The zero-order valence-electron chi connectivity index (χ0n) is 6.76. The maximum Gasteiger partial charge on any atom is 1.00 e. The molecule has 0 spiro atoms. The molecule has 1 aromatic rings. The van der Waals surface area contributed by atoms with Gasteiger partial charge in [0.1, 0.15) is 5.75 Å². The van der Waals surface area contributed by atoms with Crippen molar-refractivity contribution in [3.63, 3.8) is 0 Å². The molecule has 0 fully saturated rings. The van der Waals surface area contributed by atoms with E-state index in [0.29, 0.717) is 5.75 Å². The molecule has 0 amide bonds. The zero-order chi connectivity index (χ0) is 5.98. The summed E-state index contributed by atoms with van der Waals surface area (Å²) in [5.74, 6) is 0.368. The minimum absolute atomic E-state index is 0. The van der Waals surface area contributed by atoms with E-state index in [1.54, 1.807) is 6.07 Å². The third kappa shape index (κ3) is 2.82. The summed E-state index contributed by atoms with van der Waals surface area (Å²) >= 11 is 0. The number of aromatic hydroxyl groups is 1. The first-order chi connectivity index (χ1) is 3.80. The molecule has 0 saturated carbocycles. The first-order valence-electron chi connectivity index (χ1n) is 2.55. The second-order valence-electron chi connectivity index (χ2n) is 1.79. The van der Waals surface area contributed by atoms with Gasteiger partial charge in [-0.25, -0.2) is 0 Å². The van der Waals surface area contributed by atoms with Gasteiger partial charge in [-0.05, 0) is 18.6 Å². The Labute approximate surface area is 99.0 Å². The van der Waals surface area contributed by atoms with Gasteiger partial charge in [-0.3, -0.25) is 0 Å². The smallest absolute Gasteiger partial charge is 1.00 e. The van der Waals surface area contributed by atoms with Crippen molar-refractivity contribution in [3.05, 3.63) is 29.8 Å². The Morgan fingerprint density at radius 1 is 1.33 bits per heavy atom. The van der Waals surface area contributed by atoms with Crippen LogP contribution in [0.15, 0.2) is 24.3 Å². The fraction of sp³-hybridized carbons (Fsp3) is 0.143. The van der Waals surface area contributed by atoms with Crippen molar-refractivity contribution < 1.29 is 57.9 Å². The molecule has 9 heavy (non-hydrogen) atoms. The molecule has 1 nitrogen and oxygen atoms in total. The fourth-order valence-electron chi connectivity index (χ4n) is 0.563. The third-order valence-electron chi connectivity index (χ3n) is 1.12. The van der Waals surface area contributed by atoms with Crippen LogP contribution in [-0.2, 0) is 0 Å². The van der Waals surface area contributed by atoms with Crippen LogP contribution in [0.25, 0.3) is 0 Å². The Hall–Kier alpha value is 0.656. The molecule has 1 aromatic carbocycles. The van der Waals surface area contributed by atoms with E-state index in [2.05, 4.69) is 0 Å². The number of aryl methyl sites for hydroxylation is 1. The number of benzene rings is 1. The van der Waals surface area contributed by atoms with Gasteiger partial charge in [-0.1, -0.05) is 18.2 Å². The molecule has 0 radical (unpaired) electrons. The summed E-state index contributed by atoms with van der Waals surface area (Å²) in [5.41, 5.74) is 0.924. The molecule has 0 aliphatic heterocycles. The van der Waals surface area contributed by atoms with Crippen molar-refractivity contribution in [2.75, 3.05) is 0 Å². The molecule has 1 N–H and O–H groups in total. The second-order valence-corrected chi connectivity index (χ2v) is 1.79. The van der Waals surface area contributed by atoms with E-state index in [9.17, 15) is 0 Å². The Kier molecular flexibility index (Phi) is 4.79. The minimum atomic E-state index is 0. The Bertz CT molecular complexity index is 170. The summed E-state index contributed by atoms with van der Waals surface area (Å²) < 4.78 is 0. The van der Waals surface area contributed by atoms with Crippen molar-refractivity contribution in [2.24, 2.45) is 0 Å². The van der Waals surface area contributed by atoms with Gasteiger partial charge < -0.3 is 6.53 Å². The SMILES string of the molecule is Cc1ccccc1O.[H-].[K+]. The zero-order valence-corrected chi connectivity index (χ0v) is 8.88. The predicted octanol–water partition coefficient (Wildman–Crippen LogP) is -1.18. The minimum Gasteiger partial charge on any atom is -1.00 e. The van der Waals surface area contributed by atoms with Crippen molar-refractivity contribution >= 4 is 0 Å². The second kappa shape index (κ2) is 4.47. The van der Waals surface area contributed by atoms with Crippen LogP contribution < -0.4 is 51.4 Å². The molecule has 1 rings (SSSR count). The normalized spacial score (nSPS) is 8.11. The standard InChI is InChI=1S/C7H8O.K.H/c1-6-4-2-3-5-7(6)8;;/h2-5,8H,1H3;;/q;+1;-1. The summed E-state index contributed by atoms with van der Waals surface area (Å²) in [6, 6.07) is 7.25. The monoisotopic (exact) mass is 148 g/mol. The van der Waals surface area contributed by atoms with E-state index >= 15 is 0 Å². The van der Waals surface area contributed by atoms with Crippen molar-refractivity contribution in [1.29, 1.82) is 0 Å². The van der Waals surface area contributed by atoms with Gasteiger partial charge in [0.05, 0.1) is 0 Å². The Balaban J connectivity index is 0. The van der Waals surface area contributed by atoms with E-state index in [1.807, 2.05) is 25.1 Å². The van der Waals surface area contributed by atoms with Crippen LogP contribution in [0.5, 0.6) is 5.75 Å². The van der Waals surface area contributed by atoms with Gasteiger partial charge >= 0.3 is 51.4 Å². The summed E-state index contributed by atoms with van der Waals surface area (Å²) in [6.07, 6.45) is 0. The van der Waals surface area contributed by atoms with Crippen LogP contribution in [0.2, 0.25) is 0 Å². The molecule has 0 aliphatic rings. The topological polar surface area (TPSA) is 20.2 Å². The first-order valence-corrected chi connectivity index (χ1v) is 2.55. The van der Waals surface area contributed by atoms with Crippen LogP contribution in [-0.4, -0.2) is 5.11 Å². The van der Waals surface area contributed by atoms with Crippen LogP contribution in [0.3, 0.4) is 0 Å². The molecular formula is C7H9KO. The third-order valence-corrected chi connectivity index (χ3v) is 1.12. The summed E-state index contributed by atoms with van der Waals surface area (Å²) in [4.78, 5) is 0. The predicted molar refractivity (Wildman–Crippen MR) is 34.0 cm³/mol. The van der Waals surface area contributed by atoms with Gasteiger partial charge in [-0.2, -0.15) is 0 Å². The Morgan fingerprint density at radius 2 is 1.89 bits per heavy atom. The van der Waals surface area contributed by atoms with E-state index in [1.165, 1.54) is 0 Å². The fourth-order valence-corrected chi connectivity index (χ4v) is 0.563. The van der Waals surface area contributed by atoms with Gasteiger partial charge in [0.15, 0.2) is 0 Å². The summed E-state index contributed by atoms with van der Waals surface area (Å²) in [7, 11) is 0. The molecule has 0 aliphatic carbocycles. The number of hydrogen-bond acceptors (Lipinski definition) is 1. The molecular weight excluding hydrogens is 139 g/mol. The van der Waals surface area contributed by atoms with Gasteiger partial charge in [0, 0.05) is 0 Å². The molecule has 0 saturated heterocycles. The molecule has 2 heteroatoms. The molecule has 0 atom stereocenters. The van der Waals surface area contributed by atoms with Crippen LogP contribution in [0.4, 0.5) is 0 Å². The largest absolute Gasteiger partial charge is 1.00 e. The van der Waals surface area contributed by atoms with Crippen LogP contribution in [0.1, 0.15) is 6.99 Å². The molecule has 0 heterocycles. The molecule has 0 bridgehead atoms. The number of rotatable bonds is 0. The van der Waals surface area contributed by atoms with E-state index < -0.39 is 0 Å². The van der Waals surface area contributed by atoms with Crippen molar-refractivity contribution in [2.45, 2.75) is 6.92 Å². The van der Waals surface area contributed by atoms with Crippen molar-refractivity contribution in [3.8, 4) is 5.75 Å². The molecule has 0 unspecified atom stereocenters. The average molecular weight is 148 g/mol. The van der Waals surface area contributed by atoms with E-state index in [-0.39, 0.29) is 52.8 Å². The number of phenolic OH excluding ortho intramolecular Hbond substituents is 1. The summed E-state index contributed by atoms with van der Waals surface area (Å²) in [6.45, 7) is 1.87. The number of hydrogen-bond donors (Lipinski definition) is 1. The van der Waals surface area contributed by atoms with Gasteiger partial charge in [0.2, 0.25) is 0 Å². The van der Waals surface area contributed by atoms with Crippen molar-refractivity contribution in [1.82, 2.24) is 0 Å². The van der Waals surface area contributed by atoms with Gasteiger partial charge in [0.25, 0.3) is 0 Å². The van der Waals surface area contributed by atoms with Crippen LogP contribution in [0, 0.1) is 6.92 Å². The maximum absolute atomic E-state index is 8.92.